The maximum atomic E-state index is 10.6. The first kappa shape index (κ1) is 11.0. The summed E-state index contributed by atoms with van der Waals surface area (Å²) in [7, 11) is 0. The van der Waals surface area contributed by atoms with E-state index < -0.39 is 12.0 Å². The molecule has 0 saturated carbocycles. The van der Waals surface area contributed by atoms with Crippen LogP contribution in [0.1, 0.15) is 5.56 Å². The van der Waals surface area contributed by atoms with Gasteiger partial charge in [0.1, 0.15) is 6.04 Å². The molecular formula is C9H12N2O2S. The van der Waals surface area contributed by atoms with E-state index in [1.165, 1.54) is 11.8 Å². The van der Waals surface area contributed by atoms with Gasteiger partial charge >= 0.3 is 5.97 Å². The number of rotatable bonds is 4. The summed E-state index contributed by atoms with van der Waals surface area (Å²) in [6.07, 6.45) is 3.90. The molecule has 1 unspecified atom stereocenters. The highest BCUT2D eigenvalue weighted by Crippen LogP contribution is 2.17. The number of aliphatic carboxylic acids is 1. The molecule has 1 aromatic heterocycles. The van der Waals surface area contributed by atoms with Gasteiger partial charge in [0.2, 0.25) is 0 Å². The predicted molar refractivity (Wildman–Crippen MR) is 55.3 cm³/mol. The van der Waals surface area contributed by atoms with Crippen LogP contribution in [0.2, 0.25) is 0 Å². The molecule has 0 aliphatic rings. The molecule has 1 rings (SSSR count). The van der Waals surface area contributed by atoms with Crippen LogP contribution in [0.15, 0.2) is 23.4 Å². The maximum Gasteiger partial charge on any atom is 0.320 e. The third kappa shape index (κ3) is 2.71. The molecule has 4 nitrogen and oxygen atoms in total. The number of carbonyl (C=O) groups is 1. The molecular weight excluding hydrogens is 200 g/mol. The fourth-order valence-electron chi connectivity index (χ4n) is 1.09. The standard InChI is InChI=1S/C9H12N2O2S/c1-14-8-6(3-2-4-11-8)5-7(10)9(12)13/h2-4,7H,5,10H2,1H3,(H,12,13). The second-order valence-electron chi connectivity index (χ2n) is 2.82. The Morgan fingerprint density at radius 2 is 2.50 bits per heavy atom. The zero-order valence-corrected chi connectivity index (χ0v) is 8.62. The van der Waals surface area contributed by atoms with Crippen LogP contribution in [0.25, 0.3) is 0 Å². The number of nitrogens with zero attached hydrogens (tertiary/aromatic N) is 1. The van der Waals surface area contributed by atoms with Crippen LogP contribution in [0.5, 0.6) is 0 Å². The summed E-state index contributed by atoms with van der Waals surface area (Å²) in [5.74, 6) is -0.985. The van der Waals surface area contributed by atoms with Crippen molar-refractivity contribution in [1.82, 2.24) is 4.98 Å². The average Bonchev–Trinajstić information content (AvgIpc) is 2.18. The molecule has 76 valence electrons. The van der Waals surface area contributed by atoms with Gasteiger partial charge in [-0.3, -0.25) is 4.79 Å². The summed E-state index contributed by atoms with van der Waals surface area (Å²) in [6.45, 7) is 0. The summed E-state index contributed by atoms with van der Waals surface area (Å²) in [6, 6.07) is 2.77. The number of thioether (sulfide) groups is 1. The Labute approximate surface area is 86.5 Å². The summed E-state index contributed by atoms with van der Waals surface area (Å²) in [5, 5.41) is 9.49. The van der Waals surface area contributed by atoms with Gasteiger partial charge in [0.05, 0.1) is 5.03 Å². The summed E-state index contributed by atoms with van der Waals surface area (Å²) in [4.78, 5) is 14.7. The van der Waals surface area contributed by atoms with Crippen LogP contribution in [-0.2, 0) is 11.2 Å². The molecule has 0 fully saturated rings. The average molecular weight is 212 g/mol. The van der Waals surface area contributed by atoms with Gasteiger partial charge in [0.25, 0.3) is 0 Å². The lowest BCUT2D eigenvalue weighted by Gasteiger charge is -2.08. The van der Waals surface area contributed by atoms with Crippen molar-refractivity contribution in [1.29, 1.82) is 0 Å². The molecule has 0 aliphatic heterocycles. The van der Waals surface area contributed by atoms with E-state index in [1.54, 1.807) is 12.3 Å². The van der Waals surface area contributed by atoms with Gasteiger partial charge in [-0.2, -0.15) is 0 Å². The maximum absolute atomic E-state index is 10.6. The van der Waals surface area contributed by atoms with Crippen molar-refractivity contribution >= 4 is 17.7 Å². The monoisotopic (exact) mass is 212 g/mol. The minimum Gasteiger partial charge on any atom is -0.480 e. The molecule has 1 heterocycles. The van der Waals surface area contributed by atoms with Crippen molar-refractivity contribution in [3.63, 3.8) is 0 Å². The molecule has 0 amide bonds. The third-order valence-electron chi connectivity index (χ3n) is 1.80. The molecule has 1 atom stereocenters. The van der Waals surface area contributed by atoms with Gasteiger partial charge < -0.3 is 10.8 Å². The number of hydrogen-bond donors (Lipinski definition) is 2. The van der Waals surface area contributed by atoms with Crippen molar-refractivity contribution in [2.24, 2.45) is 5.73 Å². The van der Waals surface area contributed by atoms with E-state index in [0.29, 0.717) is 6.42 Å². The second kappa shape index (κ2) is 4.97. The van der Waals surface area contributed by atoms with E-state index in [2.05, 4.69) is 4.98 Å². The molecule has 0 aromatic carbocycles. The highest BCUT2D eigenvalue weighted by atomic mass is 32.2. The molecule has 3 N–H and O–H groups in total. The van der Waals surface area contributed by atoms with Gasteiger partial charge in [0.15, 0.2) is 0 Å². The molecule has 0 radical (unpaired) electrons. The topological polar surface area (TPSA) is 76.2 Å². The lowest BCUT2D eigenvalue weighted by molar-refractivity contribution is -0.138. The van der Waals surface area contributed by atoms with E-state index >= 15 is 0 Å². The minimum atomic E-state index is -0.985. The SMILES string of the molecule is CSc1ncccc1CC(N)C(=O)O. The smallest absolute Gasteiger partial charge is 0.320 e. The Kier molecular flexibility index (Phi) is 3.91. The first-order valence-corrected chi connectivity index (χ1v) is 5.34. The molecule has 0 spiro atoms. The first-order valence-electron chi connectivity index (χ1n) is 4.11. The third-order valence-corrected chi connectivity index (χ3v) is 2.55. The summed E-state index contributed by atoms with van der Waals surface area (Å²) in [5.41, 5.74) is 6.32. The zero-order chi connectivity index (χ0) is 10.6. The van der Waals surface area contributed by atoms with E-state index in [-0.39, 0.29) is 0 Å². The summed E-state index contributed by atoms with van der Waals surface area (Å²) < 4.78 is 0. The van der Waals surface area contributed by atoms with E-state index in [1.807, 2.05) is 12.3 Å². The van der Waals surface area contributed by atoms with Crippen molar-refractivity contribution in [3.8, 4) is 0 Å². The number of carboxylic acids is 1. The molecule has 0 saturated heterocycles. The van der Waals surface area contributed by atoms with Crippen LogP contribution < -0.4 is 5.73 Å². The van der Waals surface area contributed by atoms with Crippen molar-refractivity contribution < 1.29 is 9.90 Å². The highest BCUT2D eigenvalue weighted by Gasteiger charge is 2.14. The van der Waals surface area contributed by atoms with E-state index in [0.717, 1.165) is 10.6 Å². The van der Waals surface area contributed by atoms with Crippen LogP contribution in [-0.4, -0.2) is 28.4 Å². The van der Waals surface area contributed by atoms with Gasteiger partial charge in [-0.1, -0.05) is 6.07 Å². The van der Waals surface area contributed by atoms with Crippen molar-refractivity contribution in [3.05, 3.63) is 23.9 Å². The largest absolute Gasteiger partial charge is 0.480 e. The highest BCUT2D eigenvalue weighted by molar-refractivity contribution is 7.98. The van der Waals surface area contributed by atoms with Crippen LogP contribution in [0, 0.1) is 0 Å². The Morgan fingerprint density at radius 3 is 3.07 bits per heavy atom. The number of hydrogen-bond acceptors (Lipinski definition) is 4. The summed E-state index contributed by atoms with van der Waals surface area (Å²) >= 11 is 1.49. The van der Waals surface area contributed by atoms with Crippen LogP contribution in [0.4, 0.5) is 0 Å². The van der Waals surface area contributed by atoms with Gasteiger partial charge in [-0.15, -0.1) is 11.8 Å². The molecule has 14 heavy (non-hydrogen) atoms. The first-order chi connectivity index (χ1) is 6.65. The fourth-order valence-corrected chi connectivity index (χ4v) is 1.67. The molecule has 0 aliphatic carbocycles. The van der Waals surface area contributed by atoms with Crippen molar-refractivity contribution in [2.75, 3.05) is 6.26 Å². The molecule has 1 aromatic rings. The normalized spacial score (nSPS) is 12.4. The zero-order valence-electron chi connectivity index (χ0n) is 7.80. The fraction of sp³-hybridized carbons (Fsp3) is 0.333. The van der Waals surface area contributed by atoms with Gasteiger partial charge in [-0.25, -0.2) is 4.98 Å². The Balaban J connectivity index is 2.80. The van der Waals surface area contributed by atoms with Gasteiger partial charge in [0, 0.05) is 12.6 Å². The van der Waals surface area contributed by atoms with E-state index in [9.17, 15) is 4.79 Å². The lowest BCUT2D eigenvalue weighted by atomic mass is 10.1. The molecule has 5 heteroatoms. The second-order valence-corrected chi connectivity index (χ2v) is 3.62. The molecule has 0 bridgehead atoms. The Morgan fingerprint density at radius 1 is 1.79 bits per heavy atom. The number of carboxylic acid groups (broad SMARTS) is 1. The van der Waals surface area contributed by atoms with E-state index in [4.69, 9.17) is 10.8 Å². The van der Waals surface area contributed by atoms with Crippen LogP contribution in [0.3, 0.4) is 0 Å². The Bertz CT molecular complexity index is 330. The number of nitrogens with two attached hydrogens (primary N) is 1. The van der Waals surface area contributed by atoms with Gasteiger partial charge in [-0.05, 0) is 17.9 Å². The van der Waals surface area contributed by atoms with Crippen LogP contribution >= 0.6 is 11.8 Å². The number of aromatic nitrogens is 1. The number of pyridine rings is 1. The Hall–Kier alpha value is -1.07. The minimum absolute atomic E-state index is 0.319. The van der Waals surface area contributed by atoms with Crippen molar-refractivity contribution in [2.45, 2.75) is 17.5 Å². The quantitative estimate of drug-likeness (QED) is 0.720. The predicted octanol–water partition coefficient (Wildman–Crippen LogP) is 0.758. The lowest BCUT2D eigenvalue weighted by Crippen LogP contribution is -2.32.